The molecule has 0 amide bonds. The van der Waals surface area contributed by atoms with E-state index in [9.17, 15) is 105 Å². The third kappa shape index (κ3) is 14.1. The third-order valence-electron chi connectivity index (χ3n) is 9.66. The number of phenolic OH excluding ortho intramolecular Hbond substituents is 2. The van der Waals surface area contributed by atoms with Crippen LogP contribution in [0, 0.1) is 0 Å². The Morgan fingerprint density at radius 3 is 1.72 bits per heavy atom. The molecule has 1 aliphatic carbocycles. The lowest BCUT2D eigenvalue weighted by Gasteiger charge is -2.14. The number of nitrogens with two attached hydrogens (primary N) is 1. The standard InChI is InChI=1S/C33H27ClN10O26S8/c34-31-38-32(40-33(39-31)37-19-11-16(12-24(29(19)45)77(64,65)66)71(47,48)6-5-70-78(67,68)69)36-14-1-3-20(73(52,53)54)17(9-14)41-44-28-23(76(61,62)63)8-13-7-22(75(58,59)60)27(26(35)25(13)30(28)46)43-42-18-10-15(72(49,50)51)2-4-21(18)74(55,56)57/h1-4,7-8,10-12H,5-6,9H2,(H12,35,36,37,38,39,40,41,42,43,44,45,46,49,50,51,52,53,54,55,56,57,58,59,60,61,62,63,64,65,66,67,68,69)/p+1. The van der Waals surface area contributed by atoms with Crippen LogP contribution in [0.4, 0.5) is 40.3 Å². The number of aromatic hydroxyl groups is 2. The van der Waals surface area contributed by atoms with Crippen LogP contribution in [0.2, 0.25) is 5.28 Å². The number of benzene rings is 4. The normalized spacial score (nSPS) is 14.2. The van der Waals surface area contributed by atoms with Gasteiger partial charge in [0.05, 0.1) is 50.1 Å². The number of nitrogen functional groups attached to an aromatic ring is 1. The van der Waals surface area contributed by atoms with Gasteiger partial charge in [-0.1, -0.05) is 0 Å². The van der Waals surface area contributed by atoms with Gasteiger partial charge in [-0.3, -0.25) is 31.9 Å². The maximum atomic E-state index is 13.0. The Kier molecular flexibility index (Phi) is 16.3. The first kappa shape index (κ1) is 60.4. The van der Waals surface area contributed by atoms with Crippen molar-refractivity contribution in [1.29, 1.82) is 0 Å². The van der Waals surface area contributed by atoms with Crippen LogP contribution in [0.15, 0.2) is 110 Å². The number of fused-ring (bicyclic) bond motifs is 1. The second kappa shape index (κ2) is 21.1. The van der Waals surface area contributed by atoms with Crippen LogP contribution in [-0.2, 0) is 85.1 Å². The number of aromatic nitrogens is 3. The summed E-state index contributed by atoms with van der Waals surface area (Å²) < 4.78 is 267. The largest absolute Gasteiger partial charge is 0.505 e. The topological polar surface area (TPSA) is 604 Å². The van der Waals surface area contributed by atoms with Crippen molar-refractivity contribution in [1.82, 2.24) is 15.0 Å². The number of anilines is 4. The minimum atomic E-state index is -5.64. The Bertz CT molecular complexity index is 4570. The Morgan fingerprint density at radius 2 is 1.18 bits per heavy atom. The van der Waals surface area contributed by atoms with E-state index in [-0.39, 0.29) is 11.8 Å². The molecule has 0 fully saturated rings. The number of rotatable bonds is 18. The summed E-state index contributed by atoms with van der Waals surface area (Å²) in [7, 11) is -42.4. The lowest BCUT2D eigenvalue weighted by Crippen LogP contribution is -2.20. The van der Waals surface area contributed by atoms with E-state index in [2.05, 4.69) is 49.9 Å². The van der Waals surface area contributed by atoms with Crippen LogP contribution >= 0.6 is 11.6 Å². The molecule has 1 aliphatic rings. The van der Waals surface area contributed by atoms with Crippen LogP contribution in [0.5, 0.6) is 11.5 Å². The van der Waals surface area contributed by atoms with Gasteiger partial charge in [-0.2, -0.15) is 73.9 Å². The van der Waals surface area contributed by atoms with Crippen LogP contribution in [0.25, 0.3) is 10.8 Å². The molecule has 1 aromatic heterocycles. The Hall–Kier alpha value is -6.82. The Morgan fingerprint density at radius 1 is 0.615 bits per heavy atom. The fraction of sp³-hybridized carbons (Fsp3) is 0.0909. The van der Waals surface area contributed by atoms with Crippen molar-refractivity contribution >= 4 is 149 Å². The molecular formula is C33H28ClN10O26S8+. The highest BCUT2D eigenvalue weighted by molar-refractivity contribution is 7.91. The van der Waals surface area contributed by atoms with Crippen LogP contribution < -0.4 is 16.4 Å². The van der Waals surface area contributed by atoms with Crippen molar-refractivity contribution in [3.8, 4) is 11.5 Å². The van der Waals surface area contributed by atoms with Crippen molar-refractivity contribution in [3.05, 3.63) is 70.5 Å². The molecule has 45 heteroatoms. The molecule has 36 nitrogen and oxygen atoms in total. The van der Waals surface area contributed by atoms with E-state index in [4.69, 9.17) is 21.9 Å². The number of nitrogens with zero attached hydrogens (tertiary/aromatic N) is 7. The number of halogens is 1. The zero-order valence-electron chi connectivity index (χ0n) is 37.1. The van der Waals surface area contributed by atoms with Gasteiger partial charge < -0.3 is 26.6 Å². The molecule has 420 valence electrons. The van der Waals surface area contributed by atoms with E-state index in [1.807, 2.05) is 0 Å². The van der Waals surface area contributed by atoms with Crippen LogP contribution in [0.1, 0.15) is 6.42 Å². The third-order valence-corrected chi connectivity index (χ3v) is 17.2. The first-order valence-corrected chi connectivity index (χ1v) is 31.4. The van der Waals surface area contributed by atoms with Gasteiger partial charge in [0.1, 0.15) is 36.1 Å². The second-order valence-corrected chi connectivity index (χ2v) is 26.8. The summed E-state index contributed by atoms with van der Waals surface area (Å²) in [6.07, 6.45) is 0.718. The summed E-state index contributed by atoms with van der Waals surface area (Å²) in [6.45, 7) is -1.20. The first-order valence-electron chi connectivity index (χ1n) is 19.3. The van der Waals surface area contributed by atoms with E-state index in [1.54, 1.807) is 0 Å². The fourth-order valence-corrected chi connectivity index (χ4v) is 11.9. The zero-order chi connectivity index (χ0) is 58.7. The molecule has 0 bridgehead atoms. The smallest absolute Gasteiger partial charge is 0.397 e. The highest BCUT2D eigenvalue weighted by Crippen LogP contribution is 2.48. The Balaban J connectivity index is 1.46. The van der Waals surface area contributed by atoms with Crippen molar-refractivity contribution in [3.63, 3.8) is 0 Å². The number of nitrogens with one attached hydrogen (secondary N) is 2. The average Bonchev–Trinajstić information content (AvgIpc) is 3.25. The minimum Gasteiger partial charge on any atom is -0.505 e. The number of sulfone groups is 1. The van der Waals surface area contributed by atoms with Crippen molar-refractivity contribution in [2.45, 2.75) is 35.8 Å². The summed E-state index contributed by atoms with van der Waals surface area (Å²) in [5.74, 6) is -5.47. The van der Waals surface area contributed by atoms with Gasteiger partial charge in [-0.15, -0.1) is 10.2 Å². The molecular weight excluding hydrogens is 1240 g/mol. The molecule has 0 saturated carbocycles. The molecule has 0 radical (unpaired) electrons. The van der Waals surface area contributed by atoms with Gasteiger partial charge in [0, 0.05) is 5.70 Å². The number of hydrogen-bond acceptors (Lipinski definition) is 28. The predicted molar refractivity (Wildman–Crippen MR) is 259 cm³/mol. The number of allylic oxidation sites excluding steroid dienone is 4. The SMILES string of the molecule is Nc1c(N=Nc2cc(S(=O)(=O)O)ccc2S(=O)(=O)O)c(S(=O)(=O)O)cc2cc(S(=O)(=O)O)c(N=[N+]=C3CC(Nc4nc(Cl)nc(Nc5cc(S(=O)(=O)CCOS(=O)(=O)O)cc(S(=O)(=O)O)c5O)n4)=CC=C3S(=O)(=O)O)c(O)c12. The second-order valence-electron chi connectivity index (χ2n) is 14.9. The van der Waals surface area contributed by atoms with Gasteiger partial charge in [0.25, 0.3) is 50.6 Å². The van der Waals surface area contributed by atoms with Crippen molar-refractivity contribution < 1.29 is 118 Å². The van der Waals surface area contributed by atoms with Gasteiger partial charge in [-0.25, -0.2) is 12.6 Å². The van der Waals surface area contributed by atoms with E-state index in [1.165, 1.54) is 0 Å². The molecule has 0 atom stereocenters. The zero-order valence-corrected chi connectivity index (χ0v) is 44.4. The van der Waals surface area contributed by atoms with Gasteiger partial charge >= 0.3 is 26.2 Å². The molecule has 1 heterocycles. The molecule has 6 rings (SSSR count). The molecule has 78 heavy (non-hydrogen) atoms. The molecule has 0 aliphatic heterocycles. The molecule has 4 aromatic carbocycles. The predicted octanol–water partition coefficient (Wildman–Crippen LogP) is 1.56. The molecule has 13 N–H and O–H groups in total. The average molecular weight is 1270 g/mol. The number of azo groups is 1. The van der Waals surface area contributed by atoms with E-state index < -0.39 is 208 Å². The molecule has 0 spiro atoms. The number of phenols is 2. The maximum Gasteiger partial charge on any atom is 0.397 e. The van der Waals surface area contributed by atoms with Crippen LogP contribution in [-0.4, -0.2) is 147 Å². The van der Waals surface area contributed by atoms with Crippen LogP contribution in [0.3, 0.4) is 0 Å². The van der Waals surface area contributed by atoms with Gasteiger partial charge in [-0.05, 0) is 71.6 Å². The lowest BCUT2D eigenvalue weighted by molar-refractivity contribution is -0.0789. The quantitative estimate of drug-likeness (QED) is 0.0195. The Labute approximate surface area is 441 Å². The fourth-order valence-electron chi connectivity index (χ4n) is 6.42. The minimum absolute atomic E-state index is 0.254. The van der Waals surface area contributed by atoms with Crippen molar-refractivity contribution in [2.75, 3.05) is 28.7 Å². The van der Waals surface area contributed by atoms with E-state index >= 15 is 0 Å². The molecule has 0 unspecified atom stereocenters. The lowest BCUT2D eigenvalue weighted by atomic mass is 10.1. The number of hydrogen-bond donors (Lipinski definition) is 12. The van der Waals surface area contributed by atoms with E-state index in [0.29, 0.717) is 42.5 Å². The van der Waals surface area contributed by atoms with Gasteiger partial charge in [0.15, 0.2) is 26.2 Å². The molecule has 5 aromatic rings. The van der Waals surface area contributed by atoms with Crippen molar-refractivity contribution in [2.24, 2.45) is 15.3 Å². The summed E-state index contributed by atoms with van der Waals surface area (Å²) in [4.78, 5) is 6.35. The summed E-state index contributed by atoms with van der Waals surface area (Å²) in [5.41, 5.74) is -0.683. The summed E-state index contributed by atoms with van der Waals surface area (Å²) in [5, 5.41) is 34.9. The molecule has 0 saturated heterocycles. The monoisotopic (exact) mass is 1270 g/mol. The maximum absolute atomic E-state index is 13.0. The summed E-state index contributed by atoms with van der Waals surface area (Å²) >= 11 is 6.04. The summed E-state index contributed by atoms with van der Waals surface area (Å²) in [6, 6.07) is 2.81. The van der Waals surface area contributed by atoms with E-state index in [0.717, 1.165) is 6.08 Å². The first-order chi connectivity index (χ1) is 35.5. The highest BCUT2D eigenvalue weighted by Gasteiger charge is 2.35. The highest BCUT2D eigenvalue weighted by atomic mass is 35.5. The van der Waals surface area contributed by atoms with Gasteiger partial charge in [0.2, 0.25) is 22.9 Å².